The number of para-hydroxylation sites is 2. The van der Waals surface area contributed by atoms with E-state index in [4.69, 9.17) is 4.74 Å². The van der Waals surface area contributed by atoms with Gasteiger partial charge in [0.15, 0.2) is 5.82 Å². The summed E-state index contributed by atoms with van der Waals surface area (Å²) < 4.78 is 6.18. The Morgan fingerprint density at radius 2 is 1.86 bits per heavy atom. The second-order valence-electron chi connectivity index (χ2n) is 6.87. The number of benzene rings is 2. The first kappa shape index (κ1) is 18.1. The molecule has 2 heterocycles. The first-order valence-electron chi connectivity index (χ1n) is 9.55. The van der Waals surface area contributed by atoms with Crippen LogP contribution in [0.2, 0.25) is 0 Å². The number of ether oxygens (including phenoxy) is 1. The van der Waals surface area contributed by atoms with Crippen LogP contribution in [0.4, 0.5) is 11.5 Å². The molecule has 1 aliphatic rings. The Labute approximate surface area is 164 Å². The molecule has 4 rings (SSSR count). The number of aromatic nitrogens is 2. The fraction of sp³-hybridized carbons (Fsp3) is 0.273. The van der Waals surface area contributed by atoms with Crippen LogP contribution in [0.1, 0.15) is 12.8 Å². The van der Waals surface area contributed by atoms with Gasteiger partial charge in [-0.05, 0) is 43.2 Å². The van der Waals surface area contributed by atoms with E-state index in [0.29, 0.717) is 11.3 Å². The molecule has 3 aromatic rings. The molecule has 2 N–H and O–H groups in total. The number of aromatic hydroxyl groups is 1. The number of hydrogen-bond donors (Lipinski definition) is 2. The molecule has 28 heavy (non-hydrogen) atoms. The molecule has 0 amide bonds. The van der Waals surface area contributed by atoms with Gasteiger partial charge in [0.2, 0.25) is 0 Å². The molecule has 2 aromatic carbocycles. The molecule has 1 aromatic heterocycles. The molecule has 6 heteroatoms. The predicted octanol–water partition coefficient (Wildman–Crippen LogP) is 3.94. The minimum absolute atomic E-state index is 0.114. The molecule has 1 saturated heterocycles. The summed E-state index contributed by atoms with van der Waals surface area (Å²) in [6.45, 7) is 1.70. The molecule has 0 aliphatic carbocycles. The van der Waals surface area contributed by atoms with Crippen molar-refractivity contribution in [1.29, 1.82) is 0 Å². The third kappa shape index (κ3) is 3.86. The van der Waals surface area contributed by atoms with Crippen LogP contribution in [0.25, 0.3) is 11.3 Å². The molecule has 1 fully saturated rings. The average molecular weight is 376 g/mol. The normalized spacial score (nSPS) is 16.6. The molecular weight excluding hydrogens is 352 g/mol. The van der Waals surface area contributed by atoms with Crippen molar-refractivity contribution in [1.82, 2.24) is 10.2 Å². The fourth-order valence-electron chi connectivity index (χ4n) is 3.57. The van der Waals surface area contributed by atoms with Crippen LogP contribution in [0.15, 0.2) is 60.7 Å². The molecule has 0 saturated carbocycles. The highest BCUT2D eigenvalue weighted by atomic mass is 16.5. The van der Waals surface area contributed by atoms with E-state index in [1.54, 1.807) is 12.1 Å². The summed E-state index contributed by atoms with van der Waals surface area (Å²) in [6, 6.07) is 19.1. The van der Waals surface area contributed by atoms with Crippen LogP contribution in [0.3, 0.4) is 0 Å². The fourth-order valence-corrected chi connectivity index (χ4v) is 3.57. The van der Waals surface area contributed by atoms with E-state index in [9.17, 15) is 5.11 Å². The van der Waals surface area contributed by atoms with Gasteiger partial charge in [0.1, 0.15) is 17.6 Å². The Balaban J connectivity index is 1.60. The molecular formula is C22H24N4O2. The maximum atomic E-state index is 10.2. The van der Waals surface area contributed by atoms with Gasteiger partial charge in [-0.2, -0.15) is 0 Å². The zero-order valence-electron chi connectivity index (χ0n) is 15.9. The van der Waals surface area contributed by atoms with Crippen LogP contribution >= 0.6 is 0 Å². The Morgan fingerprint density at radius 3 is 2.64 bits per heavy atom. The molecule has 1 aliphatic heterocycles. The lowest BCUT2D eigenvalue weighted by Crippen LogP contribution is -2.41. The summed E-state index contributed by atoms with van der Waals surface area (Å²) >= 11 is 0. The third-order valence-corrected chi connectivity index (χ3v) is 4.96. The van der Waals surface area contributed by atoms with Crippen LogP contribution in [-0.2, 0) is 0 Å². The van der Waals surface area contributed by atoms with Gasteiger partial charge in [-0.3, -0.25) is 0 Å². The highest BCUT2D eigenvalue weighted by molar-refractivity contribution is 5.75. The lowest BCUT2D eigenvalue weighted by atomic mass is 10.1. The van der Waals surface area contributed by atoms with Crippen LogP contribution in [0, 0.1) is 0 Å². The van der Waals surface area contributed by atoms with Gasteiger partial charge in [0.25, 0.3) is 0 Å². The number of rotatable bonds is 5. The van der Waals surface area contributed by atoms with Gasteiger partial charge >= 0.3 is 0 Å². The van der Waals surface area contributed by atoms with E-state index >= 15 is 0 Å². The van der Waals surface area contributed by atoms with Crippen molar-refractivity contribution in [2.75, 3.05) is 30.4 Å². The SMILES string of the molecule is CNc1nnc(-c2ccccc2O)cc1N1CCC[C@H](Oc2ccccc2)C1. The molecule has 0 radical (unpaired) electrons. The Hall–Kier alpha value is -3.28. The number of hydrogen-bond acceptors (Lipinski definition) is 6. The maximum absolute atomic E-state index is 10.2. The topological polar surface area (TPSA) is 70.5 Å². The highest BCUT2D eigenvalue weighted by Crippen LogP contribution is 2.33. The second-order valence-corrected chi connectivity index (χ2v) is 6.87. The van der Waals surface area contributed by atoms with Crippen molar-refractivity contribution >= 4 is 11.5 Å². The molecule has 1 atom stereocenters. The number of anilines is 2. The number of phenols is 1. The largest absolute Gasteiger partial charge is 0.507 e. The van der Waals surface area contributed by atoms with E-state index in [-0.39, 0.29) is 11.9 Å². The smallest absolute Gasteiger partial charge is 0.172 e. The van der Waals surface area contributed by atoms with Crippen molar-refractivity contribution in [3.05, 3.63) is 60.7 Å². The third-order valence-electron chi connectivity index (χ3n) is 4.96. The number of nitrogens with zero attached hydrogens (tertiary/aromatic N) is 3. The zero-order chi connectivity index (χ0) is 19.3. The molecule has 6 nitrogen and oxygen atoms in total. The summed E-state index contributed by atoms with van der Waals surface area (Å²) in [4.78, 5) is 2.28. The Bertz CT molecular complexity index is 933. The summed E-state index contributed by atoms with van der Waals surface area (Å²) in [5.74, 6) is 1.81. The number of phenolic OH excluding ortho intramolecular Hbond substituents is 1. The van der Waals surface area contributed by atoms with Crippen molar-refractivity contribution in [3.63, 3.8) is 0 Å². The monoisotopic (exact) mass is 376 g/mol. The molecule has 0 spiro atoms. The number of nitrogens with one attached hydrogen (secondary N) is 1. The molecule has 0 bridgehead atoms. The van der Waals surface area contributed by atoms with Crippen LogP contribution < -0.4 is 15.0 Å². The Morgan fingerprint density at radius 1 is 1.07 bits per heavy atom. The lowest BCUT2D eigenvalue weighted by molar-refractivity contribution is 0.179. The van der Waals surface area contributed by atoms with E-state index in [1.165, 1.54) is 0 Å². The van der Waals surface area contributed by atoms with E-state index < -0.39 is 0 Å². The first-order chi connectivity index (χ1) is 13.7. The predicted molar refractivity (Wildman–Crippen MR) is 111 cm³/mol. The quantitative estimate of drug-likeness (QED) is 0.703. The van der Waals surface area contributed by atoms with Gasteiger partial charge in [0.05, 0.1) is 17.9 Å². The van der Waals surface area contributed by atoms with E-state index in [0.717, 1.165) is 43.2 Å². The van der Waals surface area contributed by atoms with Gasteiger partial charge in [-0.15, -0.1) is 10.2 Å². The maximum Gasteiger partial charge on any atom is 0.172 e. The summed E-state index contributed by atoms with van der Waals surface area (Å²) in [5.41, 5.74) is 2.29. The standard InChI is InChI=1S/C22H24N4O2/c1-23-22-20(14-19(24-25-22)18-11-5-6-12-21(18)27)26-13-7-10-17(15-26)28-16-8-3-2-4-9-16/h2-6,8-9,11-12,14,17,27H,7,10,13,15H2,1H3,(H,23,25)/t17-/m0/s1. The van der Waals surface area contributed by atoms with Gasteiger partial charge in [-0.25, -0.2) is 0 Å². The Kier molecular flexibility index (Phi) is 5.28. The average Bonchev–Trinajstić information content (AvgIpc) is 2.74. The second kappa shape index (κ2) is 8.17. The van der Waals surface area contributed by atoms with Crippen LogP contribution in [0.5, 0.6) is 11.5 Å². The summed E-state index contributed by atoms with van der Waals surface area (Å²) in [6.07, 6.45) is 2.17. The van der Waals surface area contributed by atoms with E-state index in [2.05, 4.69) is 20.4 Å². The van der Waals surface area contributed by atoms with Crippen molar-refractivity contribution in [2.24, 2.45) is 0 Å². The highest BCUT2D eigenvalue weighted by Gasteiger charge is 2.24. The zero-order valence-corrected chi connectivity index (χ0v) is 15.9. The van der Waals surface area contributed by atoms with Crippen LogP contribution in [-0.4, -0.2) is 41.5 Å². The lowest BCUT2D eigenvalue weighted by Gasteiger charge is -2.35. The van der Waals surface area contributed by atoms with Crippen molar-refractivity contribution in [2.45, 2.75) is 18.9 Å². The van der Waals surface area contributed by atoms with E-state index in [1.807, 2.05) is 55.6 Å². The first-order valence-corrected chi connectivity index (χ1v) is 9.55. The summed E-state index contributed by atoms with van der Waals surface area (Å²) in [7, 11) is 1.84. The van der Waals surface area contributed by atoms with Gasteiger partial charge in [-0.1, -0.05) is 30.3 Å². The van der Waals surface area contributed by atoms with Gasteiger partial charge in [0, 0.05) is 19.2 Å². The summed E-state index contributed by atoms with van der Waals surface area (Å²) in [5, 5.41) is 21.9. The molecule has 0 unspecified atom stereocenters. The van der Waals surface area contributed by atoms with Crippen molar-refractivity contribution < 1.29 is 9.84 Å². The minimum atomic E-state index is 0.114. The number of piperidine rings is 1. The minimum Gasteiger partial charge on any atom is -0.507 e. The van der Waals surface area contributed by atoms with Crippen molar-refractivity contribution in [3.8, 4) is 22.8 Å². The molecule has 144 valence electrons. The van der Waals surface area contributed by atoms with Gasteiger partial charge < -0.3 is 20.1 Å².